The van der Waals surface area contributed by atoms with Crippen molar-refractivity contribution in [3.8, 4) is 0 Å². The van der Waals surface area contributed by atoms with Crippen molar-refractivity contribution < 1.29 is 14.7 Å². The van der Waals surface area contributed by atoms with E-state index in [1.54, 1.807) is 24.3 Å². The van der Waals surface area contributed by atoms with Gasteiger partial charge in [0.25, 0.3) is 0 Å². The fourth-order valence-electron chi connectivity index (χ4n) is 3.96. The number of carbonyl (C=O) groups is 2. The van der Waals surface area contributed by atoms with Crippen LogP contribution in [0, 0.1) is 0 Å². The van der Waals surface area contributed by atoms with E-state index >= 15 is 0 Å². The Hall–Kier alpha value is -4.01. The van der Waals surface area contributed by atoms with Gasteiger partial charge in [-0.05, 0) is 35.1 Å². The Labute approximate surface area is 211 Å². The van der Waals surface area contributed by atoms with E-state index in [2.05, 4.69) is 4.99 Å². The zero-order valence-electron chi connectivity index (χ0n) is 20.2. The maximum Gasteiger partial charge on any atom is 0.246 e. The van der Waals surface area contributed by atoms with Crippen LogP contribution in [0.25, 0.3) is 0 Å². The molecule has 36 heavy (non-hydrogen) atoms. The Morgan fingerprint density at radius 3 is 1.83 bits per heavy atom. The molecule has 0 aromatic heterocycles. The Bertz CT molecular complexity index is 1110. The highest BCUT2D eigenvalue weighted by Gasteiger charge is 2.33. The van der Waals surface area contributed by atoms with Gasteiger partial charge in [0.2, 0.25) is 11.8 Å². The standard InChI is InChI=1S/C28H33N5O3/c29-24(12-7-17-32-28(30)31)26(35)33(18-20-13-15-21(19-34)16-14-20)27(36)25(22-8-3-1-4-9-22)23-10-5-2-6-11-23/h1-6,8-11,13-16,24-25,34H,7,12,17-19,29H2,(H4,30,31,32)/t24-/m1/s1. The summed E-state index contributed by atoms with van der Waals surface area (Å²) < 4.78 is 0. The number of hydrogen-bond donors (Lipinski definition) is 4. The Morgan fingerprint density at radius 1 is 0.806 bits per heavy atom. The van der Waals surface area contributed by atoms with Crippen molar-refractivity contribution in [2.75, 3.05) is 6.54 Å². The first-order valence-electron chi connectivity index (χ1n) is 11.9. The van der Waals surface area contributed by atoms with Gasteiger partial charge in [-0.15, -0.1) is 0 Å². The van der Waals surface area contributed by atoms with Crippen molar-refractivity contribution in [2.45, 2.75) is 38.0 Å². The van der Waals surface area contributed by atoms with Gasteiger partial charge in [-0.2, -0.15) is 0 Å². The lowest BCUT2D eigenvalue weighted by atomic mass is 9.89. The van der Waals surface area contributed by atoms with Crippen LogP contribution in [0.2, 0.25) is 0 Å². The number of carbonyl (C=O) groups excluding carboxylic acids is 2. The van der Waals surface area contributed by atoms with Crippen molar-refractivity contribution >= 4 is 17.8 Å². The molecule has 0 saturated carbocycles. The van der Waals surface area contributed by atoms with E-state index < -0.39 is 17.9 Å². The quantitative estimate of drug-likeness (QED) is 0.185. The second-order valence-corrected chi connectivity index (χ2v) is 8.55. The van der Waals surface area contributed by atoms with Crippen LogP contribution in [0.5, 0.6) is 0 Å². The maximum atomic E-state index is 14.1. The van der Waals surface area contributed by atoms with E-state index in [1.807, 2.05) is 60.7 Å². The predicted molar refractivity (Wildman–Crippen MR) is 141 cm³/mol. The van der Waals surface area contributed by atoms with Crippen LogP contribution in [-0.2, 0) is 22.7 Å². The zero-order chi connectivity index (χ0) is 25.9. The molecule has 0 radical (unpaired) electrons. The van der Waals surface area contributed by atoms with Crippen LogP contribution in [0.4, 0.5) is 0 Å². The molecule has 0 unspecified atom stereocenters. The summed E-state index contributed by atoms with van der Waals surface area (Å²) in [5, 5.41) is 9.36. The number of aliphatic hydroxyl groups excluding tert-OH is 1. The molecule has 0 aliphatic heterocycles. The third-order valence-corrected chi connectivity index (χ3v) is 5.88. The number of nitrogens with two attached hydrogens (primary N) is 3. The molecule has 2 amide bonds. The second kappa shape index (κ2) is 13.2. The minimum absolute atomic E-state index is 0.0217. The van der Waals surface area contributed by atoms with Crippen LogP contribution < -0.4 is 17.2 Å². The van der Waals surface area contributed by atoms with E-state index in [0.29, 0.717) is 19.4 Å². The summed E-state index contributed by atoms with van der Waals surface area (Å²) in [6.07, 6.45) is 0.822. The third-order valence-electron chi connectivity index (χ3n) is 5.88. The highest BCUT2D eigenvalue weighted by molar-refractivity contribution is 6.01. The highest BCUT2D eigenvalue weighted by Crippen LogP contribution is 2.28. The maximum absolute atomic E-state index is 14.1. The van der Waals surface area contributed by atoms with Crippen molar-refractivity contribution in [3.05, 3.63) is 107 Å². The molecule has 7 N–H and O–H groups in total. The van der Waals surface area contributed by atoms with Crippen LogP contribution in [0.15, 0.2) is 89.9 Å². The normalized spacial score (nSPS) is 11.6. The number of hydrogen-bond acceptors (Lipinski definition) is 5. The summed E-state index contributed by atoms with van der Waals surface area (Å²) in [5.74, 6) is -1.52. The molecule has 8 nitrogen and oxygen atoms in total. The summed E-state index contributed by atoms with van der Waals surface area (Å²) in [4.78, 5) is 32.8. The average molecular weight is 488 g/mol. The summed E-state index contributed by atoms with van der Waals surface area (Å²) in [6, 6.07) is 25.0. The summed E-state index contributed by atoms with van der Waals surface area (Å²) in [7, 11) is 0. The molecule has 188 valence electrons. The molecular weight excluding hydrogens is 454 g/mol. The fourth-order valence-corrected chi connectivity index (χ4v) is 3.96. The topological polar surface area (TPSA) is 148 Å². The molecule has 0 aliphatic rings. The summed E-state index contributed by atoms with van der Waals surface area (Å²) in [6.45, 7) is 0.310. The predicted octanol–water partition coefficient (Wildman–Crippen LogP) is 2.25. The molecule has 0 fully saturated rings. The molecule has 3 aromatic rings. The summed E-state index contributed by atoms with van der Waals surface area (Å²) in [5.41, 5.74) is 20.1. The summed E-state index contributed by atoms with van der Waals surface area (Å²) >= 11 is 0. The van der Waals surface area contributed by atoms with E-state index in [4.69, 9.17) is 17.2 Å². The van der Waals surface area contributed by atoms with Crippen molar-refractivity contribution in [1.82, 2.24) is 4.90 Å². The number of aliphatic imine (C=N–C) groups is 1. The highest BCUT2D eigenvalue weighted by atomic mass is 16.3. The number of benzene rings is 3. The van der Waals surface area contributed by atoms with Crippen LogP contribution in [-0.4, -0.2) is 40.4 Å². The first kappa shape index (κ1) is 26.6. The van der Waals surface area contributed by atoms with Gasteiger partial charge < -0.3 is 22.3 Å². The van der Waals surface area contributed by atoms with Gasteiger partial charge in [-0.3, -0.25) is 19.5 Å². The average Bonchev–Trinajstić information content (AvgIpc) is 2.90. The molecule has 3 aromatic carbocycles. The largest absolute Gasteiger partial charge is 0.392 e. The number of aliphatic hydroxyl groups is 1. The van der Waals surface area contributed by atoms with Crippen LogP contribution >= 0.6 is 0 Å². The number of guanidine groups is 1. The minimum atomic E-state index is -0.896. The minimum Gasteiger partial charge on any atom is -0.392 e. The lowest BCUT2D eigenvalue weighted by molar-refractivity contribution is -0.147. The molecule has 0 aliphatic carbocycles. The molecule has 1 atom stereocenters. The van der Waals surface area contributed by atoms with Crippen molar-refractivity contribution in [1.29, 1.82) is 0 Å². The zero-order valence-corrected chi connectivity index (χ0v) is 20.2. The molecule has 0 spiro atoms. The SMILES string of the molecule is NC(N)=NCCC[C@@H](N)C(=O)N(Cc1ccc(CO)cc1)C(=O)C(c1ccccc1)c1ccccc1. The van der Waals surface area contributed by atoms with E-state index in [0.717, 1.165) is 22.3 Å². The molecule has 3 rings (SSSR count). The van der Waals surface area contributed by atoms with Gasteiger partial charge in [-0.25, -0.2) is 0 Å². The van der Waals surface area contributed by atoms with Gasteiger partial charge >= 0.3 is 0 Å². The smallest absolute Gasteiger partial charge is 0.246 e. The molecule has 0 saturated heterocycles. The number of rotatable bonds is 11. The lowest BCUT2D eigenvalue weighted by Crippen LogP contribution is -2.48. The molecule has 0 bridgehead atoms. The van der Waals surface area contributed by atoms with Gasteiger partial charge in [0.05, 0.1) is 25.1 Å². The van der Waals surface area contributed by atoms with Gasteiger partial charge in [0, 0.05) is 6.54 Å². The van der Waals surface area contributed by atoms with Gasteiger partial charge in [0.1, 0.15) is 0 Å². The number of nitrogens with zero attached hydrogens (tertiary/aromatic N) is 2. The lowest BCUT2D eigenvalue weighted by Gasteiger charge is -2.29. The van der Waals surface area contributed by atoms with Crippen LogP contribution in [0.3, 0.4) is 0 Å². The first-order valence-corrected chi connectivity index (χ1v) is 11.9. The van der Waals surface area contributed by atoms with E-state index in [9.17, 15) is 14.7 Å². The van der Waals surface area contributed by atoms with Crippen molar-refractivity contribution in [3.63, 3.8) is 0 Å². The van der Waals surface area contributed by atoms with Gasteiger partial charge in [0.15, 0.2) is 5.96 Å². The third kappa shape index (κ3) is 7.24. The van der Waals surface area contributed by atoms with E-state index in [-0.39, 0.29) is 25.0 Å². The van der Waals surface area contributed by atoms with E-state index in [1.165, 1.54) is 4.90 Å². The monoisotopic (exact) mass is 487 g/mol. The number of amides is 2. The first-order chi connectivity index (χ1) is 17.4. The Balaban J connectivity index is 1.94. The second-order valence-electron chi connectivity index (χ2n) is 8.55. The molecule has 0 heterocycles. The molecular formula is C28H33N5O3. The van der Waals surface area contributed by atoms with Crippen LogP contribution in [0.1, 0.15) is 41.0 Å². The van der Waals surface area contributed by atoms with Gasteiger partial charge in [-0.1, -0.05) is 84.9 Å². The van der Waals surface area contributed by atoms with Crippen molar-refractivity contribution in [2.24, 2.45) is 22.2 Å². The fraction of sp³-hybridized carbons (Fsp3) is 0.250. The Morgan fingerprint density at radius 2 is 1.33 bits per heavy atom. The Kier molecular flexibility index (Phi) is 9.73. The molecule has 8 heteroatoms. The number of imide groups is 1.